The minimum atomic E-state index is -0.669. The van der Waals surface area contributed by atoms with Crippen LogP contribution in [0.4, 0.5) is 0 Å². The van der Waals surface area contributed by atoms with Crippen molar-refractivity contribution in [2.24, 2.45) is 0 Å². The van der Waals surface area contributed by atoms with Gasteiger partial charge in [-0.05, 0) is 18.1 Å². The predicted octanol–water partition coefficient (Wildman–Crippen LogP) is 0.349. The van der Waals surface area contributed by atoms with Crippen LogP contribution in [0.5, 0.6) is 0 Å². The van der Waals surface area contributed by atoms with Crippen LogP contribution in [0.2, 0.25) is 0 Å². The number of benzene rings is 1. The number of carbonyl (C=O) groups excluding carboxylic acids is 4. The Hall–Kier alpha value is -3.49. The van der Waals surface area contributed by atoms with E-state index in [4.69, 9.17) is 4.52 Å². The fourth-order valence-electron chi connectivity index (χ4n) is 3.48. The fourth-order valence-corrected chi connectivity index (χ4v) is 3.48. The summed E-state index contributed by atoms with van der Waals surface area (Å²) < 4.78 is 5.36. The molecule has 1 atom stereocenters. The molecule has 0 radical (unpaired) electrons. The van der Waals surface area contributed by atoms with E-state index in [1.165, 1.54) is 4.90 Å². The highest BCUT2D eigenvalue weighted by Crippen LogP contribution is 2.35. The fraction of sp³-hybridized carbons (Fsp3) is 0.278. The van der Waals surface area contributed by atoms with Crippen molar-refractivity contribution >= 4 is 24.1 Å². The molecule has 0 spiro atoms. The molecule has 4 amide bonds. The zero-order valence-electron chi connectivity index (χ0n) is 14.2. The van der Waals surface area contributed by atoms with Gasteiger partial charge in [-0.3, -0.25) is 24.5 Å². The van der Waals surface area contributed by atoms with Gasteiger partial charge in [-0.15, -0.1) is 0 Å². The summed E-state index contributed by atoms with van der Waals surface area (Å²) in [6.07, 6.45) is 1.09. The SMILES string of the molecule is O=CNCc1cc(-c2cccc3c2CN(C2CCC(=O)NC2=O)C3=O)on1. The van der Waals surface area contributed by atoms with Gasteiger partial charge in [0, 0.05) is 30.2 Å². The standard InChI is InChI=1S/C18H16N4O5/c23-9-19-7-10-6-15(27-21-10)11-2-1-3-12-13(11)8-22(18(12)26)14-4-5-16(24)20-17(14)25/h1-3,6,9,14H,4-5,7-8H2,(H,19,23)(H,20,24,25). The van der Waals surface area contributed by atoms with Crippen molar-refractivity contribution in [3.05, 3.63) is 41.1 Å². The molecule has 0 saturated carbocycles. The van der Waals surface area contributed by atoms with Gasteiger partial charge in [0.15, 0.2) is 5.76 Å². The molecule has 138 valence electrons. The van der Waals surface area contributed by atoms with Crippen molar-refractivity contribution in [3.8, 4) is 11.3 Å². The molecule has 0 bridgehead atoms. The Labute approximate surface area is 153 Å². The topological polar surface area (TPSA) is 122 Å². The lowest BCUT2D eigenvalue weighted by Gasteiger charge is -2.29. The lowest BCUT2D eigenvalue weighted by molar-refractivity contribution is -0.136. The molecule has 3 heterocycles. The van der Waals surface area contributed by atoms with Gasteiger partial charge in [0.05, 0.1) is 6.54 Å². The average molecular weight is 368 g/mol. The van der Waals surface area contributed by atoms with Gasteiger partial charge >= 0.3 is 0 Å². The first-order valence-corrected chi connectivity index (χ1v) is 8.48. The molecule has 2 aliphatic rings. The maximum atomic E-state index is 12.8. The predicted molar refractivity (Wildman–Crippen MR) is 90.9 cm³/mol. The molecule has 2 N–H and O–H groups in total. The van der Waals surface area contributed by atoms with Crippen molar-refractivity contribution < 1.29 is 23.7 Å². The van der Waals surface area contributed by atoms with E-state index in [1.54, 1.807) is 18.2 Å². The molecule has 1 unspecified atom stereocenters. The number of imide groups is 1. The second kappa shape index (κ2) is 6.67. The summed E-state index contributed by atoms with van der Waals surface area (Å²) in [5.41, 5.74) is 2.51. The third-order valence-corrected chi connectivity index (χ3v) is 4.77. The van der Waals surface area contributed by atoms with Crippen molar-refractivity contribution in [3.63, 3.8) is 0 Å². The summed E-state index contributed by atoms with van der Waals surface area (Å²) in [5, 5.41) is 8.70. The first kappa shape index (κ1) is 17.0. The molecule has 9 nitrogen and oxygen atoms in total. The number of fused-ring (bicyclic) bond motifs is 1. The molecule has 2 aliphatic heterocycles. The van der Waals surface area contributed by atoms with Gasteiger partial charge in [-0.25, -0.2) is 0 Å². The van der Waals surface area contributed by atoms with Crippen LogP contribution in [0.15, 0.2) is 28.8 Å². The number of piperidine rings is 1. The second-order valence-corrected chi connectivity index (χ2v) is 6.41. The minimum absolute atomic E-state index is 0.207. The minimum Gasteiger partial charge on any atom is -0.356 e. The van der Waals surface area contributed by atoms with E-state index in [2.05, 4.69) is 15.8 Å². The van der Waals surface area contributed by atoms with Gasteiger partial charge in [0.1, 0.15) is 11.7 Å². The van der Waals surface area contributed by atoms with E-state index in [0.29, 0.717) is 35.4 Å². The third kappa shape index (κ3) is 2.97. The maximum absolute atomic E-state index is 12.8. The zero-order chi connectivity index (χ0) is 19.0. The Bertz CT molecular complexity index is 951. The van der Waals surface area contributed by atoms with Crippen molar-refractivity contribution in [1.29, 1.82) is 0 Å². The highest BCUT2D eigenvalue weighted by atomic mass is 16.5. The molecular weight excluding hydrogens is 352 g/mol. The normalized spacial score (nSPS) is 19.0. The van der Waals surface area contributed by atoms with E-state index in [1.807, 2.05) is 6.07 Å². The summed E-state index contributed by atoms with van der Waals surface area (Å²) in [7, 11) is 0. The molecule has 0 aliphatic carbocycles. The van der Waals surface area contributed by atoms with Crippen LogP contribution in [0.25, 0.3) is 11.3 Å². The molecule has 1 aromatic heterocycles. The van der Waals surface area contributed by atoms with Gasteiger partial charge in [0.25, 0.3) is 5.91 Å². The van der Waals surface area contributed by atoms with E-state index in [-0.39, 0.29) is 31.3 Å². The smallest absolute Gasteiger partial charge is 0.255 e. The molecule has 2 aromatic rings. The number of aromatic nitrogens is 1. The van der Waals surface area contributed by atoms with Crippen molar-refractivity contribution in [2.45, 2.75) is 32.0 Å². The van der Waals surface area contributed by atoms with Crippen molar-refractivity contribution in [1.82, 2.24) is 20.7 Å². The number of hydrogen-bond acceptors (Lipinski definition) is 6. The van der Waals surface area contributed by atoms with Crippen LogP contribution in [0, 0.1) is 0 Å². The van der Waals surface area contributed by atoms with E-state index in [9.17, 15) is 19.2 Å². The van der Waals surface area contributed by atoms with Gasteiger partial charge < -0.3 is 14.7 Å². The van der Waals surface area contributed by atoms with E-state index in [0.717, 1.165) is 5.56 Å². The highest BCUT2D eigenvalue weighted by molar-refractivity contribution is 6.06. The average Bonchev–Trinajstić information content (AvgIpc) is 3.25. The van der Waals surface area contributed by atoms with Gasteiger partial charge in [-0.1, -0.05) is 17.3 Å². The summed E-state index contributed by atoms with van der Waals surface area (Å²) in [6.45, 7) is 0.489. The third-order valence-electron chi connectivity index (χ3n) is 4.77. The lowest BCUT2D eigenvalue weighted by Crippen LogP contribution is -2.52. The Morgan fingerprint density at radius 3 is 2.89 bits per heavy atom. The van der Waals surface area contributed by atoms with Gasteiger partial charge in [-0.2, -0.15) is 0 Å². The van der Waals surface area contributed by atoms with Crippen molar-refractivity contribution in [2.75, 3.05) is 0 Å². The summed E-state index contributed by atoms with van der Waals surface area (Å²) in [6, 6.07) is 6.30. The number of amides is 4. The van der Waals surface area contributed by atoms with Crippen LogP contribution in [-0.4, -0.2) is 40.2 Å². The number of nitrogens with one attached hydrogen (secondary N) is 2. The first-order valence-electron chi connectivity index (χ1n) is 8.48. The molecular formula is C18H16N4O5. The van der Waals surface area contributed by atoms with Crippen LogP contribution in [-0.2, 0) is 27.5 Å². The molecule has 1 saturated heterocycles. The summed E-state index contributed by atoms with van der Waals surface area (Å²) in [5.74, 6) is -0.536. The van der Waals surface area contributed by atoms with Crippen LogP contribution < -0.4 is 10.6 Å². The molecule has 9 heteroatoms. The summed E-state index contributed by atoms with van der Waals surface area (Å²) >= 11 is 0. The molecule has 27 heavy (non-hydrogen) atoms. The number of rotatable bonds is 5. The zero-order valence-corrected chi connectivity index (χ0v) is 14.2. The molecule has 1 aromatic carbocycles. The monoisotopic (exact) mass is 368 g/mol. The number of carbonyl (C=O) groups is 4. The van der Waals surface area contributed by atoms with E-state index >= 15 is 0 Å². The Kier molecular flexibility index (Phi) is 4.19. The lowest BCUT2D eigenvalue weighted by atomic mass is 10.0. The van der Waals surface area contributed by atoms with E-state index < -0.39 is 11.9 Å². The van der Waals surface area contributed by atoms with Crippen LogP contribution >= 0.6 is 0 Å². The van der Waals surface area contributed by atoms with Crippen LogP contribution in [0.1, 0.15) is 34.5 Å². The van der Waals surface area contributed by atoms with Crippen LogP contribution in [0.3, 0.4) is 0 Å². The number of nitrogens with zero attached hydrogens (tertiary/aromatic N) is 2. The summed E-state index contributed by atoms with van der Waals surface area (Å²) in [4.78, 5) is 48.2. The molecule has 4 rings (SSSR count). The second-order valence-electron chi connectivity index (χ2n) is 6.41. The Morgan fingerprint density at radius 1 is 1.30 bits per heavy atom. The quantitative estimate of drug-likeness (QED) is 0.580. The number of hydrogen-bond donors (Lipinski definition) is 2. The highest BCUT2D eigenvalue weighted by Gasteiger charge is 2.40. The first-order chi connectivity index (χ1) is 13.1. The van der Waals surface area contributed by atoms with Gasteiger partial charge in [0.2, 0.25) is 18.2 Å². The largest absolute Gasteiger partial charge is 0.356 e. The Balaban J connectivity index is 1.63. The molecule has 1 fully saturated rings. The maximum Gasteiger partial charge on any atom is 0.255 e. The Morgan fingerprint density at radius 2 is 2.11 bits per heavy atom.